The number of ether oxygens (including phenoxy) is 3. The van der Waals surface area contributed by atoms with Gasteiger partial charge in [-0.1, -0.05) is 24.9 Å². The lowest BCUT2D eigenvalue weighted by Gasteiger charge is -2.36. The van der Waals surface area contributed by atoms with Crippen LogP contribution in [0.5, 0.6) is 5.88 Å². The van der Waals surface area contributed by atoms with Gasteiger partial charge in [0.25, 0.3) is 0 Å². The van der Waals surface area contributed by atoms with Crippen molar-refractivity contribution in [2.75, 3.05) is 43.0 Å². The molecule has 2 amide bonds. The van der Waals surface area contributed by atoms with E-state index in [1.165, 1.54) is 10.7 Å². The molecule has 0 bridgehead atoms. The molecule has 0 spiro atoms. The second kappa shape index (κ2) is 13.4. The van der Waals surface area contributed by atoms with Gasteiger partial charge >= 0.3 is 12.2 Å². The minimum Gasteiger partial charge on any atom is -0.478 e. The van der Waals surface area contributed by atoms with E-state index in [1.54, 1.807) is 44.0 Å². The van der Waals surface area contributed by atoms with Gasteiger partial charge in [0, 0.05) is 49.6 Å². The number of unbranched alkanes of at least 4 members (excludes halogenated alkanes) is 1. The van der Waals surface area contributed by atoms with E-state index in [-0.39, 0.29) is 17.9 Å². The predicted octanol–water partition coefficient (Wildman–Crippen LogP) is 5.44. The molecule has 3 aromatic heterocycles. The number of carbonyl (C=O) groups excluding carboxylic acids is 2. The third-order valence-corrected chi connectivity index (χ3v) is 6.84. The quantitative estimate of drug-likeness (QED) is 0.308. The molecule has 1 atom stereocenters. The monoisotopic (exact) mass is 631 g/mol. The van der Waals surface area contributed by atoms with Gasteiger partial charge in [-0.15, -0.1) is 0 Å². The number of hydrogen-bond acceptors (Lipinski definition) is 10. The van der Waals surface area contributed by atoms with Crippen molar-refractivity contribution in [3.63, 3.8) is 0 Å². The molecule has 1 aliphatic heterocycles. The Morgan fingerprint density at radius 2 is 1.73 bits per heavy atom. The van der Waals surface area contributed by atoms with E-state index in [9.17, 15) is 14.7 Å². The van der Waals surface area contributed by atoms with Crippen molar-refractivity contribution in [1.82, 2.24) is 24.5 Å². The van der Waals surface area contributed by atoms with Crippen LogP contribution < -0.4 is 15.0 Å². The molecule has 0 saturated carbocycles. The van der Waals surface area contributed by atoms with E-state index >= 15 is 0 Å². The molecule has 1 unspecified atom stereocenters. The molecule has 4 heterocycles. The zero-order valence-electron chi connectivity index (χ0n) is 26.4. The summed E-state index contributed by atoms with van der Waals surface area (Å²) in [6, 6.07) is 3.33. The summed E-state index contributed by atoms with van der Waals surface area (Å²) in [5, 5.41) is 18.8. The highest BCUT2D eigenvalue weighted by Gasteiger charge is 2.28. The number of carbonyl (C=O) groups is 2. The smallest absolute Gasteiger partial charge is 0.414 e. The molecule has 4 rings (SSSR count). The summed E-state index contributed by atoms with van der Waals surface area (Å²) in [6.07, 6.45) is 2.63. The van der Waals surface area contributed by atoms with Crippen LogP contribution in [0.4, 0.5) is 21.4 Å². The number of hydrogen-bond donors (Lipinski definition) is 2. The van der Waals surface area contributed by atoms with Gasteiger partial charge in [0.1, 0.15) is 23.1 Å². The number of aliphatic hydroxyl groups excluding tert-OH is 1. The van der Waals surface area contributed by atoms with Gasteiger partial charge in [0.15, 0.2) is 0 Å². The Bertz CT molecular complexity index is 1480. The number of anilines is 2. The number of halogens is 1. The third-order valence-electron chi connectivity index (χ3n) is 6.56. The predicted molar refractivity (Wildman–Crippen MR) is 167 cm³/mol. The molecule has 0 aromatic carbocycles. The average Bonchev–Trinajstić information content (AvgIpc) is 3.35. The highest BCUT2D eigenvalue weighted by molar-refractivity contribution is 6.33. The molecular weight excluding hydrogens is 590 g/mol. The molecule has 1 saturated heterocycles. The van der Waals surface area contributed by atoms with Crippen LogP contribution in [-0.4, -0.2) is 85.8 Å². The number of nitrogens with one attached hydrogen (secondary N) is 1. The molecule has 1 aliphatic rings. The van der Waals surface area contributed by atoms with Crippen molar-refractivity contribution in [3.8, 4) is 5.88 Å². The van der Waals surface area contributed by atoms with E-state index in [0.717, 1.165) is 12.8 Å². The Morgan fingerprint density at radius 1 is 1.05 bits per heavy atom. The van der Waals surface area contributed by atoms with Crippen molar-refractivity contribution in [1.29, 1.82) is 0 Å². The van der Waals surface area contributed by atoms with Gasteiger partial charge in [-0.05, 0) is 54.0 Å². The minimum absolute atomic E-state index is 0.0822. The van der Waals surface area contributed by atoms with Gasteiger partial charge in [0.2, 0.25) is 11.8 Å². The Kier molecular flexibility index (Phi) is 10.1. The second-order valence-corrected chi connectivity index (χ2v) is 13.0. The number of piperazine rings is 1. The third kappa shape index (κ3) is 8.41. The number of rotatable bonds is 8. The van der Waals surface area contributed by atoms with Crippen molar-refractivity contribution in [2.45, 2.75) is 78.6 Å². The molecule has 1 fully saturated rings. The molecule has 44 heavy (non-hydrogen) atoms. The summed E-state index contributed by atoms with van der Waals surface area (Å²) in [4.78, 5) is 37.6. The number of aromatic nitrogens is 4. The van der Waals surface area contributed by atoms with Gasteiger partial charge in [0.05, 0.1) is 23.3 Å². The van der Waals surface area contributed by atoms with Crippen molar-refractivity contribution in [3.05, 3.63) is 40.7 Å². The highest BCUT2D eigenvalue weighted by atomic mass is 35.5. The summed E-state index contributed by atoms with van der Waals surface area (Å²) in [6.45, 7) is 15.3. The number of fused-ring (bicyclic) bond motifs is 1. The largest absolute Gasteiger partial charge is 0.478 e. The van der Waals surface area contributed by atoms with Gasteiger partial charge < -0.3 is 29.1 Å². The lowest BCUT2D eigenvalue weighted by molar-refractivity contribution is 0.0240. The van der Waals surface area contributed by atoms with Crippen LogP contribution in [0.15, 0.2) is 24.5 Å². The highest BCUT2D eigenvalue weighted by Crippen LogP contribution is 2.33. The normalized spacial score (nSPS) is 14.8. The Hall–Kier alpha value is -3.84. The van der Waals surface area contributed by atoms with E-state index < -0.39 is 23.4 Å². The van der Waals surface area contributed by atoms with Gasteiger partial charge in [-0.25, -0.2) is 14.6 Å². The second-order valence-electron chi connectivity index (χ2n) is 12.6. The zero-order chi connectivity index (χ0) is 32.2. The summed E-state index contributed by atoms with van der Waals surface area (Å²) < 4.78 is 18.1. The van der Waals surface area contributed by atoms with Crippen molar-refractivity contribution in [2.24, 2.45) is 0 Å². The average molecular weight is 632 g/mol. The van der Waals surface area contributed by atoms with E-state index in [1.807, 2.05) is 25.7 Å². The van der Waals surface area contributed by atoms with Crippen molar-refractivity contribution < 1.29 is 28.9 Å². The molecule has 3 aromatic rings. The van der Waals surface area contributed by atoms with E-state index in [4.69, 9.17) is 25.8 Å². The SMILES string of the molecule is CCCCOc1cc2c(C(O)c3cnc(N4CCN(C(=O)OC(C)(C)C)CC4)c(Cl)c3)cnn2c(NC(=O)OC(C)(C)C)n1. The number of aliphatic hydroxyl groups is 1. The van der Waals surface area contributed by atoms with Crippen LogP contribution in [0.25, 0.3) is 5.52 Å². The maximum Gasteiger partial charge on any atom is 0.414 e. The Morgan fingerprint density at radius 3 is 2.34 bits per heavy atom. The van der Waals surface area contributed by atoms with Gasteiger partial charge in [-0.3, -0.25) is 5.32 Å². The fourth-order valence-electron chi connectivity index (χ4n) is 4.50. The van der Waals surface area contributed by atoms with Crippen LogP contribution in [0.1, 0.15) is 78.5 Å². The first kappa shape index (κ1) is 33.1. The first-order valence-electron chi connectivity index (χ1n) is 14.7. The summed E-state index contributed by atoms with van der Waals surface area (Å²) in [7, 11) is 0. The molecule has 13 nitrogen and oxygen atoms in total. The lowest BCUT2D eigenvalue weighted by atomic mass is 10.0. The fourth-order valence-corrected chi connectivity index (χ4v) is 4.80. The van der Waals surface area contributed by atoms with Gasteiger partial charge in [-0.2, -0.15) is 14.6 Å². The van der Waals surface area contributed by atoms with Crippen LogP contribution in [0, 0.1) is 0 Å². The maximum absolute atomic E-state index is 12.6. The number of amides is 2. The Balaban J connectivity index is 1.55. The van der Waals surface area contributed by atoms with E-state index in [2.05, 4.69) is 27.3 Å². The lowest BCUT2D eigenvalue weighted by Crippen LogP contribution is -2.50. The topological polar surface area (TPSA) is 144 Å². The molecule has 2 N–H and O–H groups in total. The maximum atomic E-state index is 12.6. The molecular formula is C30H42ClN7O6. The van der Waals surface area contributed by atoms with E-state index in [0.29, 0.717) is 60.3 Å². The van der Waals surface area contributed by atoms with Crippen molar-refractivity contribution >= 4 is 41.1 Å². The standard InChI is InChI=1S/C30H42ClN7O6/c1-8-9-14-42-23-16-22-20(18-33-38(22)26(34-23)35-27(40)43-29(2,3)4)24(39)19-15-21(31)25(32-17-19)36-10-12-37(13-11-36)28(41)44-30(5,6)7/h15-18,24,39H,8-14H2,1-7H3,(H,34,35,40). The van der Waals surface area contributed by atoms with Crippen LogP contribution >= 0.6 is 11.6 Å². The first-order chi connectivity index (χ1) is 20.6. The molecule has 240 valence electrons. The van der Waals surface area contributed by atoms with Crippen LogP contribution in [0.3, 0.4) is 0 Å². The molecule has 0 aliphatic carbocycles. The van der Waals surface area contributed by atoms with Crippen LogP contribution in [0.2, 0.25) is 5.02 Å². The molecule has 14 heteroatoms. The minimum atomic E-state index is -1.14. The Labute approximate surface area is 262 Å². The number of nitrogens with zero attached hydrogens (tertiary/aromatic N) is 6. The summed E-state index contributed by atoms with van der Waals surface area (Å²) in [5.41, 5.74) is 0.0919. The summed E-state index contributed by atoms with van der Waals surface area (Å²) >= 11 is 6.67. The first-order valence-corrected chi connectivity index (χ1v) is 15.1. The van der Waals surface area contributed by atoms with Crippen LogP contribution in [-0.2, 0) is 9.47 Å². The zero-order valence-corrected chi connectivity index (χ0v) is 27.1. The number of pyridine rings is 1. The fraction of sp³-hybridized carbons (Fsp3) is 0.567. The molecule has 0 radical (unpaired) electrons. The summed E-state index contributed by atoms with van der Waals surface area (Å²) in [5.74, 6) is 0.910.